The number of alkyl halides is 1. The summed E-state index contributed by atoms with van der Waals surface area (Å²) in [5.74, 6) is 0.795. The third-order valence-corrected chi connectivity index (χ3v) is 3.36. The highest BCUT2D eigenvalue weighted by Crippen LogP contribution is 2.37. The maximum absolute atomic E-state index is 11.7. The number of hydrogen-bond donors (Lipinski definition) is 0. The van der Waals surface area contributed by atoms with Crippen molar-refractivity contribution in [1.29, 1.82) is 0 Å². The van der Waals surface area contributed by atoms with Crippen molar-refractivity contribution in [2.24, 2.45) is 0 Å². The maximum Gasteiger partial charge on any atom is 0.374 e. The Labute approximate surface area is 118 Å². The molecule has 1 heterocycles. The summed E-state index contributed by atoms with van der Waals surface area (Å²) in [5, 5.41) is 1.26. The van der Waals surface area contributed by atoms with Crippen LogP contribution < -0.4 is 9.47 Å². The first-order valence-electron chi connectivity index (χ1n) is 5.48. The lowest BCUT2D eigenvalue weighted by Crippen LogP contribution is -2.01. The summed E-state index contributed by atoms with van der Waals surface area (Å²) in [4.78, 5) is 11.7. The first-order chi connectivity index (χ1) is 9.15. The predicted molar refractivity (Wildman–Crippen MR) is 73.3 cm³/mol. The molecular formula is C13H13BrO5. The van der Waals surface area contributed by atoms with Gasteiger partial charge in [-0.3, -0.25) is 0 Å². The normalized spacial score (nSPS) is 10.5. The van der Waals surface area contributed by atoms with Crippen LogP contribution in [-0.4, -0.2) is 27.3 Å². The molecule has 19 heavy (non-hydrogen) atoms. The summed E-state index contributed by atoms with van der Waals surface area (Å²) >= 11 is 3.35. The van der Waals surface area contributed by atoms with Gasteiger partial charge in [-0.05, 0) is 6.07 Å². The molecule has 102 valence electrons. The topological polar surface area (TPSA) is 57.9 Å². The first kappa shape index (κ1) is 13.7. The predicted octanol–water partition coefficient (Wildman–Crippen LogP) is 3.13. The van der Waals surface area contributed by atoms with Crippen molar-refractivity contribution < 1.29 is 23.4 Å². The number of furan rings is 1. The van der Waals surface area contributed by atoms with Gasteiger partial charge in [-0.2, -0.15) is 0 Å². The molecule has 1 aromatic carbocycles. The lowest BCUT2D eigenvalue weighted by Gasteiger charge is -2.06. The first-order valence-corrected chi connectivity index (χ1v) is 6.60. The molecular weight excluding hydrogens is 316 g/mol. The van der Waals surface area contributed by atoms with Gasteiger partial charge in [0.25, 0.3) is 0 Å². The number of halogens is 1. The Morgan fingerprint density at radius 1 is 1.21 bits per heavy atom. The number of hydrogen-bond acceptors (Lipinski definition) is 5. The minimum atomic E-state index is -0.511. The van der Waals surface area contributed by atoms with Gasteiger partial charge in [-0.1, -0.05) is 15.9 Å². The van der Waals surface area contributed by atoms with E-state index in [9.17, 15) is 4.79 Å². The second kappa shape index (κ2) is 5.52. The molecule has 5 nitrogen and oxygen atoms in total. The lowest BCUT2D eigenvalue weighted by molar-refractivity contribution is 0.0566. The van der Waals surface area contributed by atoms with Gasteiger partial charge in [0.2, 0.25) is 5.76 Å². The zero-order valence-electron chi connectivity index (χ0n) is 10.8. The standard InChI is InChI=1S/C13H13BrO5/c1-16-10-4-7-8(6-14)12(13(15)18-3)19-9(7)5-11(10)17-2/h4-5H,6H2,1-3H3. The number of fused-ring (bicyclic) bond motifs is 1. The van der Waals surface area contributed by atoms with Crippen LogP contribution in [-0.2, 0) is 10.1 Å². The molecule has 0 atom stereocenters. The molecule has 0 fully saturated rings. The van der Waals surface area contributed by atoms with E-state index in [-0.39, 0.29) is 5.76 Å². The molecule has 0 saturated carbocycles. The Bertz CT molecular complexity index is 617. The van der Waals surface area contributed by atoms with Gasteiger partial charge in [-0.15, -0.1) is 0 Å². The molecule has 0 radical (unpaired) electrons. The Morgan fingerprint density at radius 2 is 1.84 bits per heavy atom. The lowest BCUT2D eigenvalue weighted by atomic mass is 10.1. The van der Waals surface area contributed by atoms with Crippen molar-refractivity contribution in [3.8, 4) is 11.5 Å². The van der Waals surface area contributed by atoms with Gasteiger partial charge in [0, 0.05) is 22.3 Å². The van der Waals surface area contributed by atoms with E-state index in [0.717, 1.165) is 10.9 Å². The summed E-state index contributed by atoms with van der Waals surface area (Å²) in [6.07, 6.45) is 0. The Balaban J connectivity index is 2.72. The molecule has 0 aliphatic rings. The van der Waals surface area contributed by atoms with Crippen LogP contribution in [0.2, 0.25) is 0 Å². The number of esters is 1. The molecule has 2 rings (SSSR count). The summed E-state index contributed by atoms with van der Waals surface area (Å²) < 4.78 is 20.7. The monoisotopic (exact) mass is 328 g/mol. The van der Waals surface area contributed by atoms with Crippen LogP contribution in [0.3, 0.4) is 0 Å². The van der Waals surface area contributed by atoms with E-state index in [1.807, 2.05) is 0 Å². The largest absolute Gasteiger partial charge is 0.493 e. The Hall–Kier alpha value is -1.69. The molecule has 2 aromatic rings. The maximum atomic E-state index is 11.7. The summed E-state index contributed by atoms with van der Waals surface area (Å²) in [7, 11) is 4.41. The molecule has 0 aliphatic heterocycles. The third kappa shape index (κ3) is 2.28. The molecule has 6 heteroatoms. The van der Waals surface area contributed by atoms with Gasteiger partial charge in [0.05, 0.1) is 21.3 Å². The van der Waals surface area contributed by atoms with Gasteiger partial charge in [0.1, 0.15) is 5.58 Å². The number of ether oxygens (including phenoxy) is 3. The number of carbonyl (C=O) groups excluding carboxylic acids is 1. The fourth-order valence-electron chi connectivity index (χ4n) is 1.86. The Kier molecular flexibility index (Phi) is 3.99. The number of methoxy groups -OCH3 is 3. The third-order valence-electron chi connectivity index (χ3n) is 2.80. The average Bonchev–Trinajstić information content (AvgIpc) is 2.81. The molecule has 0 N–H and O–H groups in total. The highest BCUT2D eigenvalue weighted by Gasteiger charge is 2.22. The minimum absolute atomic E-state index is 0.185. The van der Waals surface area contributed by atoms with Crippen LogP contribution in [0.15, 0.2) is 16.5 Å². The van der Waals surface area contributed by atoms with Crippen LogP contribution >= 0.6 is 15.9 Å². The van der Waals surface area contributed by atoms with E-state index in [4.69, 9.17) is 18.6 Å². The quantitative estimate of drug-likeness (QED) is 0.637. The van der Waals surface area contributed by atoms with Crippen molar-refractivity contribution >= 4 is 32.9 Å². The van der Waals surface area contributed by atoms with E-state index >= 15 is 0 Å². The minimum Gasteiger partial charge on any atom is -0.493 e. The van der Waals surface area contributed by atoms with Crippen LogP contribution in [0.5, 0.6) is 11.5 Å². The van der Waals surface area contributed by atoms with Crippen molar-refractivity contribution in [3.05, 3.63) is 23.5 Å². The SMILES string of the molecule is COC(=O)c1oc2cc(OC)c(OC)cc2c1CBr. The molecule has 0 amide bonds. The zero-order valence-corrected chi connectivity index (χ0v) is 12.4. The van der Waals surface area contributed by atoms with E-state index in [1.54, 1.807) is 26.4 Å². The molecule has 0 bridgehead atoms. The van der Waals surface area contributed by atoms with Gasteiger partial charge >= 0.3 is 5.97 Å². The van der Waals surface area contributed by atoms with Crippen molar-refractivity contribution in [2.45, 2.75) is 5.33 Å². The number of benzene rings is 1. The van der Waals surface area contributed by atoms with Gasteiger partial charge < -0.3 is 18.6 Å². The molecule has 0 aliphatic carbocycles. The molecule has 0 spiro atoms. The smallest absolute Gasteiger partial charge is 0.374 e. The summed E-state index contributed by atoms with van der Waals surface area (Å²) in [6, 6.07) is 3.47. The van der Waals surface area contributed by atoms with Gasteiger partial charge in [-0.25, -0.2) is 4.79 Å². The summed E-state index contributed by atoms with van der Waals surface area (Å²) in [6.45, 7) is 0. The zero-order chi connectivity index (χ0) is 14.0. The van der Waals surface area contributed by atoms with Gasteiger partial charge in [0.15, 0.2) is 11.5 Å². The number of carbonyl (C=O) groups is 1. The second-order valence-corrected chi connectivity index (χ2v) is 4.30. The van der Waals surface area contributed by atoms with Crippen LogP contribution in [0.25, 0.3) is 11.0 Å². The molecule has 1 aromatic heterocycles. The summed E-state index contributed by atoms with van der Waals surface area (Å²) in [5.41, 5.74) is 1.27. The second-order valence-electron chi connectivity index (χ2n) is 3.74. The highest BCUT2D eigenvalue weighted by molar-refractivity contribution is 9.08. The Morgan fingerprint density at radius 3 is 2.37 bits per heavy atom. The average molecular weight is 329 g/mol. The van der Waals surface area contributed by atoms with Crippen LogP contribution in [0.4, 0.5) is 0 Å². The van der Waals surface area contributed by atoms with Crippen LogP contribution in [0, 0.1) is 0 Å². The van der Waals surface area contributed by atoms with E-state index in [0.29, 0.717) is 22.4 Å². The fraction of sp³-hybridized carbons (Fsp3) is 0.308. The van der Waals surface area contributed by atoms with E-state index in [2.05, 4.69) is 15.9 Å². The van der Waals surface area contributed by atoms with E-state index in [1.165, 1.54) is 7.11 Å². The van der Waals surface area contributed by atoms with Crippen molar-refractivity contribution in [3.63, 3.8) is 0 Å². The van der Waals surface area contributed by atoms with E-state index < -0.39 is 5.97 Å². The molecule has 0 saturated heterocycles. The van der Waals surface area contributed by atoms with Crippen LogP contribution in [0.1, 0.15) is 16.1 Å². The van der Waals surface area contributed by atoms with Crippen molar-refractivity contribution in [1.82, 2.24) is 0 Å². The number of rotatable bonds is 4. The molecule has 0 unspecified atom stereocenters. The highest BCUT2D eigenvalue weighted by atomic mass is 79.9. The fourth-order valence-corrected chi connectivity index (χ4v) is 2.42. The van der Waals surface area contributed by atoms with Crippen molar-refractivity contribution in [2.75, 3.05) is 21.3 Å².